The molecule has 2 rings (SSSR count). The summed E-state index contributed by atoms with van der Waals surface area (Å²) in [6, 6.07) is 16.0. The van der Waals surface area contributed by atoms with Gasteiger partial charge in [0, 0.05) is 25.8 Å². The minimum Gasteiger partial charge on any atom is -0.383 e. The Morgan fingerprint density at radius 1 is 1.04 bits per heavy atom. The largest absolute Gasteiger partial charge is 0.383 e. The molecule has 0 bridgehead atoms. The number of rotatable bonds is 10. The Morgan fingerprint density at radius 3 is 2.54 bits per heavy atom. The second-order valence-corrected chi connectivity index (χ2v) is 7.53. The number of amides is 1. The first-order valence-electron chi connectivity index (χ1n) is 8.44. The molecule has 0 saturated carbocycles. The summed E-state index contributed by atoms with van der Waals surface area (Å²) in [4.78, 5) is 12.3. The van der Waals surface area contributed by atoms with Crippen LogP contribution in [0.2, 0.25) is 0 Å². The van der Waals surface area contributed by atoms with Crippen LogP contribution in [-0.4, -0.2) is 41.1 Å². The van der Waals surface area contributed by atoms with Crippen molar-refractivity contribution in [2.75, 3.05) is 26.8 Å². The van der Waals surface area contributed by atoms with Gasteiger partial charge in [0.05, 0.1) is 11.5 Å². The van der Waals surface area contributed by atoms with Crippen LogP contribution >= 0.6 is 0 Å². The molecule has 0 atom stereocenters. The van der Waals surface area contributed by atoms with Gasteiger partial charge in [0.2, 0.25) is 10.0 Å². The normalized spacial score (nSPS) is 11.3. The fourth-order valence-electron chi connectivity index (χ4n) is 2.41. The van der Waals surface area contributed by atoms with Crippen LogP contribution in [0, 0.1) is 0 Å². The molecule has 1 amide bonds. The molecule has 0 fully saturated rings. The molecule has 140 valence electrons. The molecule has 0 radical (unpaired) electrons. The van der Waals surface area contributed by atoms with E-state index in [1.165, 1.54) is 24.8 Å². The molecule has 0 aliphatic rings. The maximum absolute atomic E-state index is 12.2. The van der Waals surface area contributed by atoms with Gasteiger partial charge in [-0.15, -0.1) is 0 Å². The first-order chi connectivity index (χ1) is 12.5. The number of carbonyl (C=O) groups excluding carboxylic acids is 1. The monoisotopic (exact) mass is 376 g/mol. The minimum atomic E-state index is -3.66. The Hall–Kier alpha value is -2.22. The zero-order chi connectivity index (χ0) is 18.8. The number of hydrogen-bond donors (Lipinski definition) is 2. The minimum absolute atomic E-state index is 0.0607. The van der Waals surface area contributed by atoms with Crippen LogP contribution in [0.4, 0.5) is 0 Å². The molecule has 0 unspecified atom stereocenters. The highest BCUT2D eigenvalue weighted by Crippen LogP contribution is 2.11. The molecular weight excluding hydrogens is 352 g/mol. The first-order valence-corrected chi connectivity index (χ1v) is 9.92. The lowest BCUT2D eigenvalue weighted by Crippen LogP contribution is -2.28. The van der Waals surface area contributed by atoms with Crippen LogP contribution in [0.25, 0.3) is 0 Å². The van der Waals surface area contributed by atoms with E-state index in [0.29, 0.717) is 12.1 Å². The Kier molecular flexibility index (Phi) is 7.77. The van der Waals surface area contributed by atoms with Crippen LogP contribution in [0.1, 0.15) is 22.3 Å². The fourth-order valence-corrected chi connectivity index (χ4v) is 3.47. The lowest BCUT2D eigenvalue weighted by Gasteiger charge is -2.09. The van der Waals surface area contributed by atoms with Crippen molar-refractivity contribution in [3.05, 3.63) is 65.7 Å². The lowest BCUT2D eigenvalue weighted by atomic mass is 10.1. The smallest absolute Gasteiger partial charge is 0.251 e. The van der Waals surface area contributed by atoms with Gasteiger partial charge in [0.25, 0.3) is 5.91 Å². The third-order valence-electron chi connectivity index (χ3n) is 3.78. The average Bonchev–Trinajstić information content (AvgIpc) is 2.66. The van der Waals surface area contributed by atoms with E-state index in [9.17, 15) is 13.2 Å². The predicted octanol–water partition coefficient (Wildman–Crippen LogP) is 1.97. The SMILES string of the molecule is COCCNS(=O)(=O)c1cccc(C(=O)NCCCc2ccccc2)c1. The highest BCUT2D eigenvalue weighted by Gasteiger charge is 2.15. The molecule has 26 heavy (non-hydrogen) atoms. The average molecular weight is 376 g/mol. The molecule has 0 aliphatic heterocycles. The van der Waals surface area contributed by atoms with Crippen LogP contribution in [0.5, 0.6) is 0 Å². The molecule has 6 nitrogen and oxygen atoms in total. The van der Waals surface area contributed by atoms with E-state index in [4.69, 9.17) is 4.74 Å². The fraction of sp³-hybridized carbons (Fsp3) is 0.316. The molecule has 0 aromatic heterocycles. The van der Waals surface area contributed by atoms with Crippen LogP contribution in [0.3, 0.4) is 0 Å². The number of aryl methyl sites for hydroxylation is 1. The lowest BCUT2D eigenvalue weighted by molar-refractivity contribution is 0.0953. The van der Waals surface area contributed by atoms with Gasteiger partial charge in [-0.05, 0) is 36.6 Å². The van der Waals surface area contributed by atoms with E-state index in [-0.39, 0.29) is 24.0 Å². The summed E-state index contributed by atoms with van der Waals surface area (Å²) in [6.45, 7) is 0.979. The van der Waals surface area contributed by atoms with Crippen LogP contribution in [0.15, 0.2) is 59.5 Å². The summed E-state index contributed by atoms with van der Waals surface area (Å²) in [5.41, 5.74) is 1.54. The maximum Gasteiger partial charge on any atom is 0.251 e. The molecule has 2 aromatic carbocycles. The highest BCUT2D eigenvalue weighted by atomic mass is 32.2. The number of carbonyl (C=O) groups is 1. The molecule has 2 aromatic rings. The van der Waals surface area contributed by atoms with Crippen molar-refractivity contribution < 1.29 is 17.9 Å². The van der Waals surface area contributed by atoms with E-state index < -0.39 is 10.0 Å². The third-order valence-corrected chi connectivity index (χ3v) is 5.23. The van der Waals surface area contributed by atoms with Crippen molar-refractivity contribution in [1.29, 1.82) is 0 Å². The molecule has 0 heterocycles. The predicted molar refractivity (Wildman–Crippen MR) is 101 cm³/mol. The van der Waals surface area contributed by atoms with Gasteiger partial charge in [-0.3, -0.25) is 4.79 Å². The van der Waals surface area contributed by atoms with Gasteiger partial charge in [0.1, 0.15) is 0 Å². The van der Waals surface area contributed by atoms with Crippen molar-refractivity contribution in [2.24, 2.45) is 0 Å². The molecule has 7 heteroatoms. The number of ether oxygens (including phenoxy) is 1. The zero-order valence-corrected chi connectivity index (χ0v) is 15.6. The summed E-state index contributed by atoms with van der Waals surface area (Å²) in [5, 5.41) is 2.83. The van der Waals surface area contributed by atoms with Gasteiger partial charge < -0.3 is 10.1 Å². The Bertz CT molecular complexity index is 807. The quantitative estimate of drug-likeness (QED) is 0.621. The van der Waals surface area contributed by atoms with E-state index in [1.54, 1.807) is 12.1 Å². The second-order valence-electron chi connectivity index (χ2n) is 5.76. The Morgan fingerprint density at radius 2 is 1.81 bits per heavy atom. The van der Waals surface area contributed by atoms with E-state index >= 15 is 0 Å². The van der Waals surface area contributed by atoms with Gasteiger partial charge in [-0.1, -0.05) is 36.4 Å². The summed E-state index contributed by atoms with van der Waals surface area (Å²) in [6.07, 6.45) is 1.69. The molecule has 0 spiro atoms. The number of nitrogens with one attached hydrogen (secondary N) is 2. The highest BCUT2D eigenvalue weighted by molar-refractivity contribution is 7.89. The molecule has 2 N–H and O–H groups in total. The van der Waals surface area contributed by atoms with Crippen molar-refractivity contribution in [1.82, 2.24) is 10.0 Å². The van der Waals surface area contributed by atoms with Crippen molar-refractivity contribution in [3.63, 3.8) is 0 Å². The number of hydrogen-bond acceptors (Lipinski definition) is 4. The van der Waals surface area contributed by atoms with E-state index in [1.807, 2.05) is 30.3 Å². The molecule has 0 aliphatic carbocycles. The first kappa shape index (κ1) is 20.1. The van der Waals surface area contributed by atoms with Gasteiger partial charge in [0.15, 0.2) is 0 Å². The van der Waals surface area contributed by atoms with E-state index in [0.717, 1.165) is 12.8 Å². The van der Waals surface area contributed by atoms with Crippen molar-refractivity contribution in [3.8, 4) is 0 Å². The Labute approximate surface area is 154 Å². The molecular formula is C19H24N2O4S. The number of methoxy groups -OCH3 is 1. The standard InChI is InChI=1S/C19H24N2O4S/c1-25-14-13-21-26(23,24)18-11-5-10-17(15-18)19(22)20-12-6-9-16-7-3-2-4-8-16/h2-5,7-8,10-11,15,21H,6,9,12-14H2,1H3,(H,20,22). The van der Waals surface area contributed by atoms with E-state index in [2.05, 4.69) is 10.0 Å². The van der Waals surface area contributed by atoms with Gasteiger partial charge >= 0.3 is 0 Å². The van der Waals surface area contributed by atoms with Crippen molar-refractivity contribution >= 4 is 15.9 Å². The number of benzene rings is 2. The second kappa shape index (κ2) is 10.1. The Balaban J connectivity index is 1.89. The summed E-state index contributed by atoms with van der Waals surface area (Å²) >= 11 is 0. The van der Waals surface area contributed by atoms with Crippen LogP contribution < -0.4 is 10.0 Å². The third kappa shape index (κ3) is 6.25. The zero-order valence-electron chi connectivity index (χ0n) is 14.8. The van der Waals surface area contributed by atoms with Gasteiger partial charge in [-0.25, -0.2) is 13.1 Å². The summed E-state index contributed by atoms with van der Waals surface area (Å²) < 4.78 is 31.7. The summed E-state index contributed by atoms with van der Waals surface area (Å²) in [7, 11) is -2.16. The number of sulfonamides is 1. The van der Waals surface area contributed by atoms with Crippen molar-refractivity contribution in [2.45, 2.75) is 17.7 Å². The topological polar surface area (TPSA) is 84.5 Å². The summed E-state index contributed by atoms with van der Waals surface area (Å²) in [5.74, 6) is -0.285. The van der Waals surface area contributed by atoms with Gasteiger partial charge in [-0.2, -0.15) is 0 Å². The van der Waals surface area contributed by atoms with Crippen LogP contribution in [-0.2, 0) is 21.2 Å². The molecule has 0 saturated heterocycles. The maximum atomic E-state index is 12.2.